The second kappa shape index (κ2) is 4.02. The first kappa shape index (κ1) is 12.1. The maximum atomic E-state index is 11.7. The normalized spacial score (nSPS) is 15.1. The molecule has 1 amide bonds. The predicted molar refractivity (Wildman–Crippen MR) is 74.3 cm³/mol. The Kier molecular flexibility index (Phi) is 2.55. The number of hydrogen-bond acceptors (Lipinski definition) is 2. The minimum Gasteiger partial charge on any atom is -0.508 e. The third-order valence-electron chi connectivity index (χ3n) is 4.11. The minimum atomic E-state index is -0.397. The molecule has 1 fully saturated rings. The summed E-state index contributed by atoms with van der Waals surface area (Å²) in [4.78, 5) is 11.7. The Bertz CT molecular complexity index is 681. The summed E-state index contributed by atoms with van der Waals surface area (Å²) in [6.07, 6.45) is 3.37. The van der Waals surface area contributed by atoms with Gasteiger partial charge in [0, 0.05) is 24.2 Å². The lowest BCUT2D eigenvalue weighted by Crippen LogP contribution is -2.12. The van der Waals surface area contributed by atoms with Crippen LogP contribution in [0, 0.1) is 12.8 Å². The van der Waals surface area contributed by atoms with Crippen molar-refractivity contribution in [1.29, 1.82) is 0 Å². The number of benzene rings is 1. The van der Waals surface area contributed by atoms with Gasteiger partial charge in [0.25, 0.3) is 5.91 Å². The molecule has 100 valence electrons. The number of carbonyl (C=O) groups excluding carboxylic acids is 1. The Morgan fingerprint density at radius 1 is 1.47 bits per heavy atom. The molecular weight excluding hydrogens is 240 g/mol. The Balaban J connectivity index is 2.33. The van der Waals surface area contributed by atoms with E-state index in [-0.39, 0.29) is 5.75 Å². The lowest BCUT2D eigenvalue weighted by molar-refractivity contribution is 0.100. The number of nitrogens with zero attached hydrogens (tertiary/aromatic N) is 1. The number of aromatic nitrogens is 1. The molecule has 0 saturated heterocycles. The first-order valence-electron chi connectivity index (χ1n) is 6.59. The summed E-state index contributed by atoms with van der Waals surface area (Å²) in [5.41, 5.74) is 8.89. The van der Waals surface area contributed by atoms with Crippen LogP contribution in [0.1, 0.15) is 34.5 Å². The summed E-state index contributed by atoms with van der Waals surface area (Å²) in [5.74, 6) is 0.539. The second-order valence-corrected chi connectivity index (χ2v) is 5.53. The number of primary amides is 1. The van der Waals surface area contributed by atoms with Gasteiger partial charge in [-0.05, 0) is 43.7 Å². The van der Waals surface area contributed by atoms with Crippen molar-refractivity contribution in [1.82, 2.24) is 4.57 Å². The van der Waals surface area contributed by atoms with E-state index in [0.717, 1.165) is 28.6 Å². The molecule has 2 aromatic rings. The zero-order chi connectivity index (χ0) is 13.7. The van der Waals surface area contributed by atoms with Crippen LogP contribution in [0.25, 0.3) is 10.9 Å². The van der Waals surface area contributed by atoms with Crippen molar-refractivity contribution in [3.8, 4) is 5.75 Å². The second-order valence-electron chi connectivity index (χ2n) is 5.53. The topological polar surface area (TPSA) is 68.2 Å². The molecule has 1 aliphatic rings. The predicted octanol–water partition coefficient (Wildman–Crippen LogP) is 2.24. The van der Waals surface area contributed by atoms with Crippen molar-refractivity contribution in [3.63, 3.8) is 0 Å². The summed E-state index contributed by atoms with van der Waals surface area (Å²) in [6.45, 7) is 1.89. The highest BCUT2D eigenvalue weighted by Crippen LogP contribution is 2.38. The van der Waals surface area contributed by atoms with Gasteiger partial charge in [-0.1, -0.05) is 0 Å². The third-order valence-corrected chi connectivity index (χ3v) is 4.11. The third kappa shape index (κ3) is 1.87. The minimum absolute atomic E-state index is 0.250. The van der Waals surface area contributed by atoms with E-state index in [2.05, 4.69) is 0 Å². The quantitative estimate of drug-likeness (QED) is 0.886. The molecule has 1 saturated carbocycles. The van der Waals surface area contributed by atoms with E-state index in [4.69, 9.17) is 5.73 Å². The van der Waals surface area contributed by atoms with Crippen LogP contribution in [-0.4, -0.2) is 15.6 Å². The molecule has 0 unspecified atom stereocenters. The van der Waals surface area contributed by atoms with Gasteiger partial charge in [0.1, 0.15) is 5.75 Å². The van der Waals surface area contributed by atoms with Gasteiger partial charge >= 0.3 is 0 Å². The number of aryl methyl sites for hydroxylation is 1. The fourth-order valence-electron chi connectivity index (χ4n) is 2.85. The van der Waals surface area contributed by atoms with E-state index in [0.29, 0.717) is 11.5 Å². The number of carbonyl (C=O) groups is 1. The molecule has 0 spiro atoms. The number of nitrogens with two attached hydrogens (primary N) is 1. The van der Waals surface area contributed by atoms with Crippen LogP contribution in [-0.2, 0) is 13.5 Å². The smallest absolute Gasteiger partial charge is 0.251 e. The summed E-state index contributed by atoms with van der Waals surface area (Å²) in [6, 6.07) is 3.47. The highest BCUT2D eigenvalue weighted by molar-refractivity contribution is 6.09. The summed E-state index contributed by atoms with van der Waals surface area (Å²) >= 11 is 0. The molecular formula is C15H18N2O2. The number of fused-ring (bicyclic) bond motifs is 1. The molecule has 1 aliphatic carbocycles. The van der Waals surface area contributed by atoms with E-state index in [9.17, 15) is 9.90 Å². The number of hydrogen-bond donors (Lipinski definition) is 2. The van der Waals surface area contributed by atoms with Crippen molar-refractivity contribution >= 4 is 16.8 Å². The van der Waals surface area contributed by atoms with E-state index in [1.165, 1.54) is 12.8 Å². The summed E-state index contributed by atoms with van der Waals surface area (Å²) in [5, 5.41) is 10.8. The molecule has 1 aromatic carbocycles. The highest BCUT2D eigenvalue weighted by Gasteiger charge is 2.26. The SMILES string of the molecule is Cc1c(C(N)=O)c2c(CC3CC3)cc(O)cc2n1C. The van der Waals surface area contributed by atoms with Gasteiger partial charge in [-0.2, -0.15) is 0 Å². The number of amides is 1. The molecule has 0 aliphatic heterocycles. The van der Waals surface area contributed by atoms with Crippen LogP contribution in [0.4, 0.5) is 0 Å². The van der Waals surface area contributed by atoms with Crippen molar-refractivity contribution in [2.75, 3.05) is 0 Å². The Morgan fingerprint density at radius 3 is 2.74 bits per heavy atom. The van der Waals surface area contributed by atoms with Crippen LogP contribution in [0.15, 0.2) is 12.1 Å². The molecule has 4 nitrogen and oxygen atoms in total. The fraction of sp³-hybridized carbons (Fsp3) is 0.400. The van der Waals surface area contributed by atoms with Crippen LogP contribution in [0.2, 0.25) is 0 Å². The first-order valence-corrected chi connectivity index (χ1v) is 6.59. The molecule has 1 aromatic heterocycles. The highest BCUT2D eigenvalue weighted by atomic mass is 16.3. The zero-order valence-electron chi connectivity index (χ0n) is 11.2. The Labute approximate surface area is 111 Å². The zero-order valence-corrected chi connectivity index (χ0v) is 11.2. The van der Waals surface area contributed by atoms with Crippen molar-refractivity contribution in [3.05, 3.63) is 29.0 Å². The van der Waals surface area contributed by atoms with Gasteiger partial charge in [-0.25, -0.2) is 0 Å². The molecule has 0 radical (unpaired) electrons. The number of phenols is 1. The fourth-order valence-corrected chi connectivity index (χ4v) is 2.85. The maximum absolute atomic E-state index is 11.7. The van der Waals surface area contributed by atoms with Crippen LogP contribution in [0.5, 0.6) is 5.75 Å². The molecule has 1 heterocycles. The molecule has 0 atom stereocenters. The van der Waals surface area contributed by atoms with Gasteiger partial charge in [-0.15, -0.1) is 0 Å². The van der Waals surface area contributed by atoms with E-state index in [1.54, 1.807) is 12.1 Å². The van der Waals surface area contributed by atoms with E-state index < -0.39 is 5.91 Å². The van der Waals surface area contributed by atoms with Gasteiger partial charge in [0.15, 0.2) is 0 Å². The van der Waals surface area contributed by atoms with Crippen LogP contribution < -0.4 is 5.73 Å². The summed E-state index contributed by atoms with van der Waals surface area (Å²) in [7, 11) is 1.89. The van der Waals surface area contributed by atoms with Crippen molar-refractivity contribution in [2.24, 2.45) is 18.7 Å². The lowest BCUT2D eigenvalue weighted by atomic mass is 9.99. The molecule has 3 rings (SSSR count). The van der Waals surface area contributed by atoms with Gasteiger partial charge in [0.2, 0.25) is 0 Å². The number of aromatic hydroxyl groups is 1. The largest absolute Gasteiger partial charge is 0.508 e. The van der Waals surface area contributed by atoms with E-state index >= 15 is 0 Å². The molecule has 19 heavy (non-hydrogen) atoms. The molecule has 0 bridgehead atoms. The van der Waals surface area contributed by atoms with Gasteiger partial charge in [0.05, 0.1) is 11.1 Å². The average molecular weight is 258 g/mol. The van der Waals surface area contributed by atoms with Crippen molar-refractivity contribution < 1.29 is 9.90 Å². The van der Waals surface area contributed by atoms with E-state index in [1.807, 2.05) is 18.5 Å². The number of phenolic OH excluding ortho intramolecular Hbond substituents is 1. The average Bonchev–Trinajstić information content (AvgIpc) is 3.09. The maximum Gasteiger partial charge on any atom is 0.251 e. The standard InChI is InChI=1S/C15H18N2O2/c1-8-13(15(16)19)14-10(5-9-3-4-9)6-11(18)7-12(14)17(8)2/h6-7,9,18H,3-5H2,1-2H3,(H2,16,19). The Hall–Kier alpha value is -1.97. The van der Waals surface area contributed by atoms with Gasteiger partial charge in [-0.3, -0.25) is 4.79 Å². The lowest BCUT2D eigenvalue weighted by Gasteiger charge is -2.06. The van der Waals surface area contributed by atoms with Crippen molar-refractivity contribution in [2.45, 2.75) is 26.2 Å². The van der Waals surface area contributed by atoms with Gasteiger partial charge < -0.3 is 15.4 Å². The monoisotopic (exact) mass is 258 g/mol. The summed E-state index contributed by atoms with van der Waals surface area (Å²) < 4.78 is 1.92. The van der Waals surface area contributed by atoms with Crippen LogP contribution >= 0.6 is 0 Å². The molecule has 3 N–H and O–H groups in total. The number of rotatable bonds is 3. The van der Waals surface area contributed by atoms with Crippen LogP contribution in [0.3, 0.4) is 0 Å². The Morgan fingerprint density at radius 2 is 2.16 bits per heavy atom. The molecule has 4 heteroatoms. The first-order chi connectivity index (χ1) is 8.99.